The number of ether oxygens (including phenoxy) is 1. The second-order valence-electron chi connectivity index (χ2n) is 5.41. The Kier molecular flexibility index (Phi) is 4.40. The number of aromatic nitrogens is 3. The molecule has 1 saturated heterocycles. The van der Waals surface area contributed by atoms with Crippen LogP contribution < -0.4 is 10.4 Å². The summed E-state index contributed by atoms with van der Waals surface area (Å²) in [5.74, 6) is 1.05. The van der Waals surface area contributed by atoms with Gasteiger partial charge in [0.15, 0.2) is 0 Å². The summed E-state index contributed by atoms with van der Waals surface area (Å²) in [6.45, 7) is 0.688. The maximum Gasteiger partial charge on any atom is 0.345 e. The molecule has 8 nitrogen and oxygen atoms in total. The van der Waals surface area contributed by atoms with E-state index in [2.05, 4.69) is 15.1 Å². The summed E-state index contributed by atoms with van der Waals surface area (Å²) in [7, 11) is 1.51. The minimum absolute atomic E-state index is 0.0283. The van der Waals surface area contributed by atoms with Crippen LogP contribution in [0, 0.1) is 0 Å². The van der Waals surface area contributed by atoms with Crippen LogP contribution in [-0.2, 0) is 11.2 Å². The van der Waals surface area contributed by atoms with Crippen molar-refractivity contribution in [2.45, 2.75) is 31.7 Å². The average molecular weight is 318 g/mol. The first kappa shape index (κ1) is 15.3. The van der Waals surface area contributed by atoms with E-state index in [-0.39, 0.29) is 11.9 Å². The number of nitrogens with zero attached hydrogens (tertiary/aromatic N) is 3. The normalized spacial score (nSPS) is 17.4. The van der Waals surface area contributed by atoms with Gasteiger partial charge >= 0.3 is 5.69 Å². The monoisotopic (exact) mass is 318 g/mol. The predicted octanol–water partition coefficient (Wildman–Crippen LogP) is 1.06. The number of carbonyl (C=O) groups is 1. The van der Waals surface area contributed by atoms with Crippen LogP contribution in [0.4, 0.5) is 0 Å². The third-order valence-corrected chi connectivity index (χ3v) is 3.96. The third kappa shape index (κ3) is 3.41. The highest BCUT2D eigenvalue weighted by atomic mass is 16.5. The lowest BCUT2D eigenvalue weighted by Crippen LogP contribution is -2.32. The Hall–Kier alpha value is -2.64. The Morgan fingerprint density at radius 1 is 1.57 bits per heavy atom. The molecular weight excluding hydrogens is 300 g/mol. The van der Waals surface area contributed by atoms with Crippen molar-refractivity contribution in [3.8, 4) is 5.88 Å². The Labute approximate surface area is 132 Å². The summed E-state index contributed by atoms with van der Waals surface area (Å²) in [4.78, 5) is 32.0. The second-order valence-corrected chi connectivity index (χ2v) is 5.41. The Morgan fingerprint density at radius 3 is 3.17 bits per heavy atom. The van der Waals surface area contributed by atoms with Gasteiger partial charge in [-0.15, -0.1) is 0 Å². The molecule has 0 spiro atoms. The van der Waals surface area contributed by atoms with Crippen LogP contribution in [0.3, 0.4) is 0 Å². The highest BCUT2D eigenvalue weighted by molar-refractivity contribution is 5.77. The van der Waals surface area contributed by atoms with Gasteiger partial charge in [-0.1, -0.05) is 0 Å². The van der Waals surface area contributed by atoms with E-state index in [1.807, 2.05) is 0 Å². The highest BCUT2D eigenvalue weighted by Gasteiger charge is 2.30. The van der Waals surface area contributed by atoms with Crippen LogP contribution >= 0.6 is 0 Å². The van der Waals surface area contributed by atoms with Gasteiger partial charge in [0, 0.05) is 37.3 Å². The average Bonchev–Trinajstić information content (AvgIpc) is 3.21. The third-order valence-electron chi connectivity index (χ3n) is 3.96. The first-order valence-corrected chi connectivity index (χ1v) is 7.51. The molecule has 122 valence electrons. The van der Waals surface area contributed by atoms with Crippen molar-refractivity contribution in [2.24, 2.45) is 0 Å². The molecule has 2 aromatic heterocycles. The van der Waals surface area contributed by atoms with Gasteiger partial charge in [-0.2, -0.15) is 0 Å². The van der Waals surface area contributed by atoms with Crippen LogP contribution in [0.1, 0.15) is 36.8 Å². The summed E-state index contributed by atoms with van der Waals surface area (Å²) in [6, 6.07) is 3.33. The van der Waals surface area contributed by atoms with Gasteiger partial charge in [0.2, 0.25) is 5.91 Å². The van der Waals surface area contributed by atoms with Crippen molar-refractivity contribution in [3.05, 3.63) is 40.3 Å². The lowest BCUT2D eigenvalue weighted by Gasteiger charge is -2.24. The summed E-state index contributed by atoms with van der Waals surface area (Å²) in [5, 5.41) is 3.71. The van der Waals surface area contributed by atoms with Crippen molar-refractivity contribution >= 4 is 5.91 Å². The molecule has 0 unspecified atom stereocenters. The SMILES string of the molecule is COc1cc(CCC(=O)N2CCC[C@H]2c2ccnc(=O)[nH]2)on1. The molecule has 1 amide bonds. The van der Waals surface area contributed by atoms with Crippen molar-refractivity contribution < 1.29 is 14.1 Å². The molecule has 1 atom stereocenters. The van der Waals surface area contributed by atoms with Gasteiger partial charge < -0.3 is 19.1 Å². The zero-order chi connectivity index (χ0) is 16.2. The lowest BCUT2D eigenvalue weighted by molar-refractivity contribution is -0.132. The number of nitrogens with one attached hydrogen (secondary N) is 1. The number of amides is 1. The van der Waals surface area contributed by atoms with E-state index in [0.29, 0.717) is 31.0 Å². The van der Waals surface area contributed by atoms with E-state index in [1.165, 1.54) is 13.3 Å². The number of methoxy groups -OCH3 is 1. The molecular formula is C15H18N4O4. The number of H-pyrrole nitrogens is 1. The Bertz CT molecular complexity index is 739. The maximum absolute atomic E-state index is 12.5. The van der Waals surface area contributed by atoms with Crippen molar-refractivity contribution in [3.63, 3.8) is 0 Å². The molecule has 0 saturated carbocycles. The highest BCUT2D eigenvalue weighted by Crippen LogP contribution is 2.30. The molecule has 0 aromatic carbocycles. The van der Waals surface area contributed by atoms with E-state index >= 15 is 0 Å². The first-order valence-electron chi connectivity index (χ1n) is 7.51. The fourth-order valence-corrected chi connectivity index (χ4v) is 2.85. The molecule has 0 aliphatic carbocycles. The van der Waals surface area contributed by atoms with Crippen LogP contribution in [0.2, 0.25) is 0 Å². The number of aryl methyl sites for hydroxylation is 1. The Balaban J connectivity index is 1.65. The van der Waals surface area contributed by atoms with Crippen LogP contribution in [0.25, 0.3) is 0 Å². The quantitative estimate of drug-likeness (QED) is 0.884. The fourth-order valence-electron chi connectivity index (χ4n) is 2.85. The summed E-state index contributed by atoms with van der Waals surface area (Å²) >= 11 is 0. The van der Waals surface area contributed by atoms with Crippen LogP contribution in [-0.4, -0.2) is 39.6 Å². The van der Waals surface area contributed by atoms with Gasteiger partial charge in [-0.25, -0.2) is 9.78 Å². The standard InChI is InChI=1S/C15H18N4O4/c1-22-13-9-10(23-18-13)4-5-14(20)19-8-2-3-12(19)11-6-7-16-15(21)17-11/h6-7,9,12H,2-5,8H2,1H3,(H,16,17,21)/t12-/m0/s1. The molecule has 23 heavy (non-hydrogen) atoms. The van der Waals surface area contributed by atoms with Gasteiger partial charge in [0.1, 0.15) is 5.76 Å². The number of hydrogen-bond acceptors (Lipinski definition) is 6. The summed E-state index contributed by atoms with van der Waals surface area (Å²) in [5.41, 5.74) is 0.340. The van der Waals surface area contributed by atoms with Gasteiger partial charge in [-0.3, -0.25) is 4.79 Å². The molecule has 1 N–H and O–H groups in total. The van der Waals surface area contributed by atoms with E-state index in [4.69, 9.17) is 9.26 Å². The number of hydrogen-bond donors (Lipinski definition) is 1. The van der Waals surface area contributed by atoms with Crippen molar-refractivity contribution in [1.82, 2.24) is 20.0 Å². The maximum atomic E-state index is 12.5. The molecule has 8 heteroatoms. The molecule has 0 radical (unpaired) electrons. The first-order chi connectivity index (χ1) is 11.2. The van der Waals surface area contributed by atoms with Crippen LogP contribution in [0.15, 0.2) is 27.6 Å². The van der Waals surface area contributed by atoms with E-state index in [0.717, 1.165) is 18.5 Å². The molecule has 2 aromatic rings. The topological polar surface area (TPSA) is 101 Å². The Morgan fingerprint density at radius 2 is 2.43 bits per heavy atom. The van der Waals surface area contributed by atoms with E-state index in [9.17, 15) is 9.59 Å². The minimum atomic E-state index is -0.393. The largest absolute Gasteiger partial charge is 0.479 e. The zero-order valence-corrected chi connectivity index (χ0v) is 12.8. The molecule has 1 fully saturated rings. The number of aromatic amines is 1. The molecule has 1 aliphatic heterocycles. The zero-order valence-electron chi connectivity index (χ0n) is 12.8. The van der Waals surface area contributed by atoms with Crippen LogP contribution in [0.5, 0.6) is 5.88 Å². The van der Waals surface area contributed by atoms with E-state index < -0.39 is 5.69 Å². The van der Waals surface area contributed by atoms with Crippen molar-refractivity contribution in [1.29, 1.82) is 0 Å². The fraction of sp³-hybridized carbons (Fsp3) is 0.467. The molecule has 3 heterocycles. The molecule has 0 bridgehead atoms. The number of likely N-dealkylation sites (tertiary alicyclic amines) is 1. The molecule has 3 rings (SSSR count). The van der Waals surface area contributed by atoms with Gasteiger partial charge in [-0.05, 0) is 24.1 Å². The number of carbonyl (C=O) groups excluding carboxylic acids is 1. The predicted molar refractivity (Wildman–Crippen MR) is 79.9 cm³/mol. The molecule has 1 aliphatic rings. The number of rotatable bonds is 5. The second kappa shape index (κ2) is 6.64. The smallest absolute Gasteiger partial charge is 0.345 e. The minimum Gasteiger partial charge on any atom is -0.479 e. The van der Waals surface area contributed by atoms with Gasteiger partial charge in [0.25, 0.3) is 5.88 Å². The van der Waals surface area contributed by atoms with Gasteiger partial charge in [0.05, 0.1) is 13.2 Å². The van der Waals surface area contributed by atoms with E-state index in [1.54, 1.807) is 17.0 Å². The summed E-state index contributed by atoms with van der Waals surface area (Å²) < 4.78 is 10.0. The summed E-state index contributed by atoms with van der Waals surface area (Å²) in [6.07, 6.45) is 4.00. The van der Waals surface area contributed by atoms with Crippen molar-refractivity contribution in [2.75, 3.05) is 13.7 Å². The lowest BCUT2D eigenvalue weighted by atomic mass is 10.1.